The van der Waals surface area contributed by atoms with Crippen molar-refractivity contribution in [3.8, 4) is 0 Å². The van der Waals surface area contributed by atoms with Gasteiger partial charge in [0.1, 0.15) is 11.1 Å². The number of amides is 1. The van der Waals surface area contributed by atoms with Crippen LogP contribution in [0.1, 0.15) is 12.0 Å². The zero-order valence-corrected chi connectivity index (χ0v) is 11.1. The molecular weight excluding hydrogens is 281 g/mol. The third-order valence-corrected chi connectivity index (χ3v) is 4.75. The number of benzene rings is 1. The summed E-state index contributed by atoms with van der Waals surface area (Å²) in [5.41, 5.74) is 0.888. The second-order valence-corrected chi connectivity index (χ2v) is 7.17. The van der Waals surface area contributed by atoms with Gasteiger partial charge in [-0.1, -0.05) is 6.07 Å². The molecule has 98 valence electrons. The van der Waals surface area contributed by atoms with Gasteiger partial charge in [-0.2, -0.15) is 0 Å². The Morgan fingerprint density at radius 2 is 2.11 bits per heavy atom. The smallest absolute Gasteiger partial charge is 0.237 e. The third-order valence-electron chi connectivity index (χ3n) is 2.88. The Bertz CT molecular complexity index is 602. The van der Waals surface area contributed by atoms with Gasteiger partial charge < -0.3 is 4.90 Å². The summed E-state index contributed by atoms with van der Waals surface area (Å²) < 4.78 is 36.0. The van der Waals surface area contributed by atoms with Crippen molar-refractivity contribution in [2.75, 3.05) is 11.4 Å². The second-order valence-electron chi connectivity index (χ2n) is 4.26. The molecule has 1 aliphatic rings. The molecule has 4 nitrogen and oxygen atoms in total. The van der Waals surface area contributed by atoms with Gasteiger partial charge in [-0.05, 0) is 24.6 Å². The molecule has 2 rings (SSSR count). The molecule has 0 aliphatic carbocycles. The van der Waals surface area contributed by atoms with Crippen molar-refractivity contribution in [2.24, 2.45) is 0 Å². The van der Waals surface area contributed by atoms with E-state index in [2.05, 4.69) is 0 Å². The topological polar surface area (TPSA) is 54.5 Å². The molecule has 0 bridgehead atoms. The summed E-state index contributed by atoms with van der Waals surface area (Å²) >= 11 is 0. The summed E-state index contributed by atoms with van der Waals surface area (Å²) in [6, 6.07) is 4.34. The number of hydrogen-bond donors (Lipinski definition) is 0. The molecular formula is C11H11ClFNO3S. The first-order valence-electron chi connectivity index (χ1n) is 5.29. The molecule has 0 N–H and O–H groups in total. The fourth-order valence-electron chi connectivity index (χ4n) is 1.93. The maximum Gasteiger partial charge on any atom is 0.237 e. The molecule has 18 heavy (non-hydrogen) atoms. The second kappa shape index (κ2) is 4.51. The highest BCUT2D eigenvalue weighted by Crippen LogP contribution is 2.29. The van der Waals surface area contributed by atoms with Gasteiger partial charge in [0.05, 0.1) is 5.69 Å². The van der Waals surface area contributed by atoms with Crippen molar-refractivity contribution >= 4 is 31.3 Å². The predicted octanol–water partition coefficient (Wildman–Crippen LogP) is 1.81. The first-order valence-corrected chi connectivity index (χ1v) is 7.66. The Kier molecular flexibility index (Phi) is 3.33. The highest BCUT2D eigenvalue weighted by molar-refractivity contribution is 8.14. The summed E-state index contributed by atoms with van der Waals surface area (Å²) in [4.78, 5) is 12.9. The lowest BCUT2D eigenvalue weighted by Crippen LogP contribution is -2.27. The lowest BCUT2D eigenvalue weighted by Gasteiger charge is -2.17. The molecule has 0 saturated carbocycles. The number of aryl methyl sites for hydroxylation is 1. The van der Waals surface area contributed by atoms with E-state index in [0.717, 1.165) is 10.5 Å². The van der Waals surface area contributed by atoms with Crippen LogP contribution in [0.4, 0.5) is 10.1 Å². The summed E-state index contributed by atoms with van der Waals surface area (Å²) in [7, 11) is 1.42. The number of rotatable bonds is 2. The summed E-state index contributed by atoms with van der Waals surface area (Å²) in [6.07, 6.45) is -0.209. The first kappa shape index (κ1) is 13.3. The van der Waals surface area contributed by atoms with Crippen LogP contribution < -0.4 is 4.90 Å². The molecule has 0 aromatic heterocycles. The van der Waals surface area contributed by atoms with Crippen molar-refractivity contribution in [3.63, 3.8) is 0 Å². The number of anilines is 1. The largest absolute Gasteiger partial charge is 0.308 e. The van der Waals surface area contributed by atoms with Gasteiger partial charge in [0.2, 0.25) is 15.0 Å². The number of hydrogen-bond acceptors (Lipinski definition) is 3. The number of nitrogens with zero attached hydrogens (tertiary/aromatic N) is 1. The molecule has 1 unspecified atom stereocenters. The Morgan fingerprint density at radius 1 is 1.44 bits per heavy atom. The molecule has 1 fully saturated rings. The Balaban J connectivity index is 2.35. The number of carbonyl (C=O) groups excluding carboxylic acids is 1. The minimum Gasteiger partial charge on any atom is -0.308 e. The van der Waals surface area contributed by atoms with Crippen LogP contribution in [0.25, 0.3) is 0 Å². The van der Waals surface area contributed by atoms with Crippen LogP contribution in [0.5, 0.6) is 0 Å². The summed E-state index contributed by atoms with van der Waals surface area (Å²) in [5, 5.41) is -0.980. The van der Waals surface area contributed by atoms with Crippen LogP contribution in [-0.4, -0.2) is 26.1 Å². The fraction of sp³-hybridized carbons (Fsp3) is 0.364. The van der Waals surface area contributed by atoms with Gasteiger partial charge in [0.15, 0.2) is 0 Å². The van der Waals surface area contributed by atoms with Gasteiger partial charge in [-0.25, -0.2) is 12.8 Å². The van der Waals surface area contributed by atoms with Crippen LogP contribution in [0.2, 0.25) is 0 Å². The number of carbonyl (C=O) groups is 1. The van der Waals surface area contributed by atoms with Crippen LogP contribution in [0, 0.1) is 12.7 Å². The van der Waals surface area contributed by atoms with Crippen LogP contribution in [0.3, 0.4) is 0 Å². The van der Waals surface area contributed by atoms with Crippen molar-refractivity contribution in [3.05, 3.63) is 29.6 Å². The van der Waals surface area contributed by atoms with Crippen LogP contribution >= 0.6 is 10.7 Å². The molecule has 1 heterocycles. The fourth-order valence-corrected chi connectivity index (χ4v) is 2.95. The van der Waals surface area contributed by atoms with Gasteiger partial charge in [-0.15, -0.1) is 0 Å². The van der Waals surface area contributed by atoms with Crippen molar-refractivity contribution in [1.29, 1.82) is 0 Å². The maximum atomic E-state index is 13.6. The van der Waals surface area contributed by atoms with E-state index in [1.54, 1.807) is 13.0 Å². The lowest BCUT2D eigenvalue weighted by molar-refractivity contribution is -0.117. The first-order chi connectivity index (χ1) is 8.29. The van der Waals surface area contributed by atoms with Gasteiger partial charge in [0, 0.05) is 23.6 Å². The van der Waals surface area contributed by atoms with E-state index in [1.807, 2.05) is 0 Å². The zero-order chi connectivity index (χ0) is 13.5. The minimum atomic E-state index is -3.81. The monoisotopic (exact) mass is 291 g/mol. The Hall–Kier alpha value is -1.14. The van der Waals surface area contributed by atoms with Crippen molar-refractivity contribution in [1.82, 2.24) is 0 Å². The van der Waals surface area contributed by atoms with E-state index < -0.39 is 26.0 Å². The predicted molar refractivity (Wildman–Crippen MR) is 66.7 cm³/mol. The SMILES string of the molecule is Cc1ccc(F)c(N2CC(S(=O)(=O)Cl)CC2=O)c1. The average molecular weight is 292 g/mol. The maximum absolute atomic E-state index is 13.6. The zero-order valence-electron chi connectivity index (χ0n) is 9.56. The highest BCUT2D eigenvalue weighted by Gasteiger charge is 2.38. The van der Waals surface area contributed by atoms with Crippen molar-refractivity contribution in [2.45, 2.75) is 18.6 Å². The highest BCUT2D eigenvalue weighted by atomic mass is 35.7. The quantitative estimate of drug-likeness (QED) is 0.781. The third kappa shape index (κ3) is 2.49. The summed E-state index contributed by atoms with van der Waals surface area (Å²) in [5.74, 6) is -0.990. The van der Waals surface area contributed by atoms with E-state index in [4.69, 9.17) is 10.7 Å². The summed E-state index contributed by atoms with van der Waals surface area (Å²) in [6.45, 7) is 1.66. The normalized spacial score (nSPS) is 20.5. The minimum absolute atomic E-state index is 0.0998. The Labute approximate surface area is 109 Å². The van der Waals surface area contributed by atoms with Crippen LogP contribution in [0.15, 0.2) is 18.2 Å². The molecule has 1 aliphatic heterocycles. The van der Waals surface area contributed by atoms with E-state index in [-0.39, 0.29) is 18.7 Å². The van der Waals surface area contributed by atoms with Gasteiger partial charge in [-0.3, -0.25) is 4.79 Å². The molecule has 1 aromatic rings. The Morgan fingerprint density at radius 3 is 2.67 bits per heavy atom. The molecule has 1 amide bonds. The van der Waals surface area contributed by atoms with Gasteiger partial charge >= 0.3 is 0 Å². The lowest BCUT2D eigenvalue weighted by atomic mass is 10.2. The average Bonchev–Trinajstić information content (AvgIpc) is 2.64. The van der Waals surface area contributed by atoms with E-state index in [9.17, 15) is 17.6 Å². The standard InChI is InChI=1S/C11H11ClFNO3S/c1-7-2-3-9(13)10(4-7)14-6-8(5-11(14)15)18(12,16)17/h2-4,8H,5-6H2,1H3. The molecule has 0 spiro atoms. The van der Waals surface area contributed by atoms with E-state index >= 15 is 0 Å². The molecule has 1 atom stereocenters. The molecule has 1 saturated heterocycles. The van der Waals surface area contributed by atoms with Crippen molar-refractivity contribution < 1.29 is 17.6 Å². The molecule has 1 aromatic carbocycles. The molecule has 7 heteroatoms. The molecule has 0 radical (unpaired) electrons. The van der Waals surface area contributed by atoms with Gasteiger partial charge in [0.25, 0.3) is 0 Å². The van der Waals surface area contributed by atoms with E-state index in [1.165, 1.54) is 12.1 Å². The van der Waals surface area contributed by atoms with E-state index in [0.29, 0.717) is 0 Å². The van der Waals surface area contributed by atoms with Crippen LogP contribution in [-0.2, 0) is 13.8 Å². The number of halogens is 2.